The van der Waals surface area contributed by atoms with E-state index in [1.54, 1.807) is 17.5 Å². The minimum absolute atomic E-state index is 0.0874. The average molecular weight is 483 g/mol. The number of amides is 2. The lowest BCUT2D eigenvalue weighted by molar-refractivity contribution is -0.118. The third-order valence-electron chi connectivity index (χ3n) is 5.17. The molecule has 1 unspecified atom stereocenters. The zero-order chi connectivity index (χ0) is 23.4. The maximum absolute atomic E-state index is 13.2. The molecular formula is C23H22N4O4S2. The Morgan fingerprint density at radius 1 is 1.03 bits per heavy atom. The molecule has 8 nitrogen and oxygen atoms in total. The van der Waals surface area contributed by atoms with Gasteiger partial charge in [-0.15, -0.1) is 11.3 Å². The lowest BCUT2D eigenvalue weighted by Gasteiger charge is -2.18. The molecule has 2 heterocycles. The molecule has 0 saturated heterocycles. The third-order valence-corrected chi connectivity index (χ3v) is 7.47. The summed E-state index contributed by atoms with van der Waals surface area (Å²) in [5.41, 5.74) is 2.26. The van der Waals surface area contributed by atoms with Gasteiger partial charge in [-0.1, -0.05) is 24.3 Å². The second-order valence-corrected chi connectivity index (χ2v) is 10.1. The van der Waals surface area contributed by atoms with E-state index in [4.69, 9.17) is 0 Å². The summed E-state index contributed by atoms with van der Waals surface area (Å²) < 4.78 is 26.1. The first kappa shape index (κ1) is 22.7. The van der Waals surface area contributed by atoms with Gasteiger partial charge in [0.25, 0.3) is 5.91 Å². The average Bonchev–Trinajstić information content (AvgIpc) is 3.50. The number of carbonyl (C=O) groups excluding carboxylic acids is 2. The number of para-hydroxylation sites is 1. The van der Waals surface area contributed by atoms with Crippen molar-refractivity contribution < 1.29 is 18.0 Å². The zero-order valence-electron chi connectivity index (χ0n) is 17.7. The summed E-state index contributed by atoms with van der Waals surface area (Å²) in [5.74, 6) is -0.741. The van der Waals surface area contributed by atoms with Crippen molar-refractivity contribution in [1.29, 1.82) is 0 Å². The van der Waals surface area contributed by atoms with Crippen LogP contribution in [-0.4, -0.2) is 38.3 Å². The number of H-pyrrole nitrogens is 1. The molecule has 2 aromatic heterocycles. The van der Waals surface area contributed by atoms with Gasteiger partial charge in [-0.25, -0.2) is 13.1 Å². The highest BCUT2D eigenvalue weighted by Crippen LogP contribution is 2.20. The maximum Gasteiger partial charge on any atom is 0.262 e. The number of anilines is 1. The van der Waals surface area contributed by atoms with Crippen LogP contribution in [0, 0.1) is 0 Å². The Morgan fingerprint density at radius 2 is 1.79 bits per heavy atom. The fourth-order valence-electron chi connectivity index (χ4n) is 3.43. The lowest BCUT2D eigenvalue weighted by atomic mass is 10.0. The molecule has 0 fully saturated rings. The molecule has 33 heavy (non-hydrogen) atoms. The Kier molecular flexibility index (Phi) is 6.59. The molecule has 0 aliphatic rings. The van der Waals surface area contributed by atoms with Gasteiger partial charge < -0.3 is 15.6 Å². The second-order valence-electron chi connectivity index (χ2n) is 7.29. The number of aromatic nitrogens is 1. The Balaban J connectivity index is 1.56. The van der Waals surface area contributed by atoms with Gasteiger partial charge in [-0.2, -0.15) is 0 Å². The normalized spacial score (nSPS) is 12.4. The van der Waals surface area contributed by atoms with Crippen LogP contribution in [0.3, 0.4) is 0 Å². The van der Waals surface area contributed by atoms with E-state index in [-0.39, 0.29) is 17.2 Å². The molecular weight excluding hydrogens is 460 g/mol. The van der Waals surface area contributed by atoms with Gasteiger partial charge in [0.05, 0.1) is 9.77 Å². The van der Waals surface area contributed by atoms with E-state index >= 15 is 0 Å². The van der Waals surface area contributed by atoms with Gasteiger partial charge in [-0.3, -0.25) is 9.59 Å². The maximum atomic E-state index is 13.2. The van der Waals surface area contributed by atoms with Crippen LogP contribution in [0.2, 0.25) is 0 Å². The first-order valence-electron chi connectivity index (χ1n) is 10.1. The number of carbonyl (C=O) groups is 2. The van der Waals surface area contributed by atoms with Gasteiger partial charge in [-0.05, 0) is 54.4 Å². The monoisotopic (exact) mass is 482 g/mol. The van der Waals surface area contributed by atoms with E-state index in [0.717, 1.165) is 16.5 Å². The number of aromatic amines is 1. The summed E-state index contributed by atoms with van der Waals surface area (Å²) in [7, 11) is -2.25. The standard InChI is InChI=1S/C23H22N4O4S2/c1-24-33(30,31)17-10-8-16(9-11-17)26-22(28)20(27-23(29)21-7-4-12-32-21)13-15-14-25-19-6-3-2-5-18(15)19/h2-12,14,20,24-25H,13H2,1H3,(H,26,28)(H,27,29). The molecule has 2 aromatic carbocycles. The molecule has 2 amide bonds. The number of rotatable bonds is 8. The zero-order valence-corrected chi connectivity index (χ0v) is 19.3. The smallest absolute Gasteiger partial charge is 0.262 e. The van der Waals surface area contributed by atoms with Crippen LogP contribution in [0.5, 0.6) is 0 Å². The molecule has 10 heteroatoms. The summed E-state index contributed by atoms with van der Waals surface area (Å²) in [5, 5.41) is 8.37. The van der Waals surface area contributed by atoms with E-state index < -0.39 is 22.0 Å². The molecule has 4 aromatic rings. The van der Waals surface area contributed by atoms with Crippen LogP contribution in [0.1, 0.15) is 15.2 Å². The minimum Gasteiger partial charge on any atom is -0.361 e. The number of thiophene rings is 1. The van der Waals surface area contributed by atoms with Crippen LogP contribution in [-0.2, 0) is 21.2 Å². The van der Waals surface area contributed by atoms with Crippen molar-refractivity contribution in [2.75, 3.05) is 12.4 Å². The van der Waals surface area contributed by atoms with Crippen LogP contribution in [0.25, 0.3) is 10.9 Å². The quantitative estimate of drug-likeness (QED) is 0.308. The van der Waals surface area contributed by atoms with Crippen molar-refractivity contribution in [3.05, 3.63) is 82.7 Å². The van der Waals surface area contributed by atoms with Crippen molar-refractivity contribution in [3.8, 4) is 0 Å². The van der Waals surface area contributed by atoms with Crippen LogP contribution in [0.15, 0.2) is 77.1 Å². The lowest BCUT2D eigenvalue weighted by Crippen LogP contribution is -2.45. The van der Waals surface area contributed by atoms with Gasteiger partial charge in [0.15, 0.2) is 0 Å². The topological polar surface area (TPSA) is 120 Å². The van der Waals surface area contributed by atoms with E-state index in [9.17, 15) is 18.0 Å². The molecule has 0 aliphatic heterocycles. The molecule has 4 rings (SSSR count). The Labute approximate surface area is 195 Å². The number of hydrogen-bond donors (Lipinski definition) is 4. The Bertz CT molecular complexity index is 1380. The summed E-state index contributed by atoms with van der Waals surface area (Å²) >= 11 is 1.29. The molecule has 4 N–H and O–H groups in total. The predicted octanol–water partition coefficient (Wildman–Crippen LogP) is 3.12. The van der Waals surface area contributed by atoms with Crippen LogP contribution >= 0.6 is 11.3 Å². The highest BCUT2D eigenvalue weighted by Gasteiger charge is 2.24. The van der Waals surface area contributed by atoms with Crippen molar-refractivity contribution in [1.82, 2.24) is 15.0 Å². The molecule has 0 saturated carbocycles. The number of sulfonamides is 1. The second kappa shape index (κ2) is 9.57. The Morgan fingerprint density at radius 3 is 2.48 bits per heavy atom. The third kappa shape index (κ3) is 5.14. The molecule has 0 spiro atoms. The SMILES string of the molecule is CNS(=O)(=O)c1ccc(NC(=O)C(Cc2c[nH]c3ccccc23)NC(=O)c2cccs2)cc1. The van der Waals surface area contributed by atoms with Gasteiger partial charge in [0, 0.05) is 29.2 Å². The van der Waals surface area contributed by atoms with Crippen molar-refractivity contribution in [2.24, 2.45) is 0 Å². The highest BCUT2D eigenvalue weighted by atomic mass is 32.2. The number of hydrogen-bond acceptors (Lipinski definition) is 5. The van der Waals surface area contributed by atoms with Crippen molar-refractivity contribution in [3.63, 3.8) is 0 Å². The van der Waals surface area contributed by atoms with Crippen molar-refractivity contribution in [2.45, 2.75) is 17.4 Å². The molecule has 1 atom stereocenters. The molecule has 0 radical (unpaired) electrons. The summed E-state index contributed by atoms with van der Waals surface area (Å²) in [6.07, 6.45) is 2.11. The highest BCUT2D eigenvalue weighted by molar-refractivity contribution is 7.89. The molecule has 0 bridgehead atoms. The van der Waals surface area contributed by atoms with Crippen LogP contribution < -0.4 is 15.4 Å². The van der Waals surface area contributed by atoms with E-state index in [1.807, 2.05) is 30.5 Å². The fraction of sp³-hybridized carbons (Fsp3) is 0.130. The van der Waals surface area contributed by atoms with Gasteiger partial charge in [0.1, 0.15) is 6.04 Å². The molecule has 170 valence electrons. The van der Waals surface area contributed by atoms with Crippen molar-refractivity contribution >= 4 is 49.8 Å². The van der Waals surface area contributed by atoms with Crippen LogP contribution in [0.4, 0.5) is 5.69 Å². The van der Waals surface area contributed by atoms with Gasteiger partial charge in [0.2, 0.25) is 15.9 Å². The minimum atomic E-state index is -3.58. The fourth-order valence-corrected chi connectivity index (χ4v) is 4.79. The first-order chi connectivity index (χ1) is 15.9. The Hall–Kier alpha value is -3.47. The summed E-state index contributed by atoms with van der Waals surface area (Å²) in [4.78, 5) is 29.6. The molecule has 0 aliphatic carbocycles. The largest absolute Gasteiger partial charge is 0.361 e. The first-order valence-corrected chi connectivity index (χ1v) is 12.5. The number of nitrogens with one attached hydrogen (secondary N) is 4. The number of benzene rings is 2. The van der Waals surface area contributed by atoms with E-state index in [1.165, 1.54) is 42.6 Å². The summed E-state index contributed by atoms with van der Waals surface area (Å²) in [6, 6.07) is 16.2. The predicted molar refractivity (Wildman–Crippen MR) is 129 cm³/mol. The van der Waals surface area contributed by atoms with Gasteiger partial charge >= 0.3 is 0 Å². The summed E-state index contributed by atoms with van der Waals surface area (Å²) in [6.45, 7) is 0. The van der Waals surface area contributed by atoms with E-state index in [0.29, 0.717) is 10.6 Å². The number of fused-ring (bicyclic) bond motifs is 1. The van der Waals surface area contributed by atoms with E-state index in [2.05, 4.69) is 20.3 Å².